The first-order valence-corrected chi connectivity index (χ1v) is 5.63. The molecule has 4 nitrogen and oxygen atoms in total. The highest BCUT2D eigenvalue weighted by Gasteiger charge is 2.14. The van der Waals surface area contributed by atoms with Gasteiger partial charge < -0.3 is 0 Å². The van der Waals surface area contributed by atoms with E-state index in [9.17, 15) is 4.79 Å². The molecule has 2 heterocycles. The van der Waals surface area contributed by atoms with Gasteiger partial charge in [-0.25, -0.2) is 9.67 Å². The van der Waals surface area contributed by atoms with Crippen molar-refractivity contribution >= 4 is 33.8 Å². The van der Waals surface area contributed by atoms with E-state index >= 15 is 0 Å². The van der Waals surface area contributed by atoms with Crippen molar-refractivity contribution in [2.45, 2.75) is 6.92 Å². The minimum absolute atomic E-state index is 0.280. The van der Waals surface area contributed by atoms with Crippen LogP contribution < -0.4 is 0 Å². The predicted octanol–water partition coefficient (Wildman–Crippen LogP) is 2.80. The third-order valence-corrected chi connectivity index (χ3v) is 2.93. The first kappa shape index (κ1) is 11.3. The van der Waals surface area contributed by atoms with Gasteiger partial charge >= 0.3 is 0 Å². The van der Waals surface area contributed by atoms with E-state index in [0.29, 0.717) is 23.4 Å². The van der Waals surface area contributed by atoms with Crippen molar-refractivity contribution in [1.29, 1.82) is 0 Å². The Morgan fingerprint density at radius 3 is 2.75 bits per heavy atom. The van der Waals surface area contributed by atoms with E-state index < -0.39 is 0 Å². The molecule has 6 heteroatoms. The Labute approximate surface area is 105 Å². The van der Waals surface area contributed by atoms with Gasteiger partial charge in [0.15, 0.2) is 12.1 Å². The smallest absolute Gasteiger partial charge is 0.155 e. The third kappa shape index (κ3) is 1.88. The van der Waals surface area contributed by atoms with Crippen molar-refractivity contribution in [3.05, 3.63) is 39.2 Å². The molecule has 0 bridgehead atoms. The van der Waals surface area contributed by atoms with Gasteiger partial charge in [0.05, 0.1) is 11.3 Å². The molecule has 0 atom stereocenters. The quantitative estimate of drug-likeness (QED) is 0.801. The lowest BCUT2D eigenvalue weighted by Gasteiger charge is -2.01. The summed E-state index contributed by atoms with van der Waals surface area (Å²) in [5.41, 5.74) is 0.983. The van der Waals surface area contributed by atoms with Crippen LogP contribution in [0, 0.1) is 6.92 Å². The van der Waals surface area contributed by atoms with Gasteiger partial charge in [-0.15, -0.1) is 0 Å². The number of aromatic nitrogens is 3. The highest BCUT2D eigenvalue weighted by atomic mass is 79.9. The fourth-order valence-electron chi connectivity index (χ4n) is 1.29. The maximum absolute atomic E-state index is 10.8. The monoisotopic (exact) mass is 299 g/mol. The summed E-state index contributed by atoms with van der Waals surface area (Å²) in [6.45, 7) is 1.73. The van der Waals surface area contributed by atoms with Gasteiger partial charge in [0.2, 0.25) is 0 Å². The van der Waals surface area contributed by atoms with E-state index in [-0.39, 0.29) is 5.15 Å². The molecule has 0 saturated heterocycles. The maximum Gasteiger partial charge on any atom is 0.155 e. The summed E-state index contributed by atoms with van der Waals surface area (Å²) in [5, 5.41) is 4.44. The third-order valence-electron chi connectivity index (χ3n) is 2.09. The van der Waals surface area contributed by atoms with Gasteiger partial charge in [0.25, 0.3) is 0 Å². The molecule has 0 saturated carbocycles. The topological polar surface area (TPSA) is 47.8 Å². The second kappa shape index (κ2) is 4.35. The minimum atomic E-state index is 0.280. The average Bonchev–Trinajstić information content (AvgIpc) is 2.55. The van der Waals surface area contributed by atoms with Crippen molar-refractivity contribution in [3.8, 4) is 5.82 Å². The number of hydrogen-bond acceptors (Lipinski definition) is 3. The van der Waals surface area contributed by atoms with E-state index in [0.717, 1.165) is 4.47 Å². The lowest BCUT2D eigenvalue weighted by molar-refractivity contribution is 0.112. The summed E-state index contributed by atoms with van der Waals surface area (Å²) in [6, 6.07) is 3.59. The Hall–Kier alpha value is -1.20. The van der Waals surface area contributed by atoms with E-state index in [1.807, 2.05) is 6.07 Å². The van der Waals surface area contributed by atoms with Crippen LogP contribution in [0.4, 0.5) is 0 Å². The first-order chi connectivity index (χ1) is 7.63. The number of aldehydes is 1. The van der Waals surface area contributed by atoms with Crippen LogP contribution in [0.1, 0.15) is 16.1 Å². The molecule has 0 aliphatic heterocycles. The maximum atomic E-state index is 10.8. The van der Waals surface area contributed by atoms with Crippen LogP contribution in [0.25, 0.3) is 5.82 Å². The molecule has 0 spiro atoms. The molecule has 0 unspecified atom stereocenters. The lowest BCUT2D eigenvalue weighted by atomic mass is 10.3. The minimum Gasteiger partial charge on any atom is -0.298 e. The zero-order chi connectivity index (χ0) is 11.7. The largest absolute Gasteiger partial charge is 0.298 e. The Bertz CT molecular complexity index is 536. The van der Waals surface area contributed by atoms with Gasteiger partial charge in [-0.2, -0.15) is 5.10 Å². The second-order valence-electron chi connectivity index (χ2n) is 3.15. The summed E-state index contributed by atoms with van der Waals surface area (Å²) in [5.74, 6) is 0.574. The fraction of sp³-hybridized carbons (Fsp3) is 0.100. The SMILES string of the molecule is Cc1nn(-c2ccc(Br)cn2)c(Cl)c1C=O. The summed E-state index contributed by atoms with van der Waals surface area (Å²) in [6.07, 6.45) is 2.34. The number of hydrogen-bond donors (Lipinski definition) is 0. The molecule has 0 aliphatic carbocycles. The lowest BCUT2D eigenvalue weighted by Crippen LogP contribution is -1.99. The Morgan fingerprint density at radius 2 is 2.25 bits per heavy atom. The van der Waals surface area contributed by atoms with Crippen LogP contribution in [0.3, 0.4) is 0 Å². The van der Waals surface area contributed by atoms with Crippen LogP contribution in [0.15, 0.2) is 22.8 Å². The van der Waals surface area contributed by atoms with Gasteiger partial charge in [0.1, 0.15) is 5.15 Å². The zero-order valence-electron chi connectivity index (χ0n) is 8.32. The van der Waals surface area contributed by atoms with Gasteiger partial charge in [-0.3, -0.25) is 4.79 Å². The molecular formula is C10H7BrClN3O. The molecule has 2 aromatic rings. The molecule has 0 amide bonds. The summed E-state index contributed by atoms with van der Waals surface area (Å²) in [7, 11) is 0. The van der Waals surface area contributed by atoms with Gasteiger partial charge in [-0.1, -0.05) is 11.6 Å². The molecule has 16 heavy (non-hydrogen) atoms. The molecular weight excluding hydrogens is 293 g/mol. The average molecular weight is 301 g/mol. The molecule has 0 radical (unpaired) electrons. The first-order valence-electron chi connectivity index (χ1n) is 4.45. The van der Waals surface area contributed by atoms with Crippen LogP contribution in [-0.4, -0.2) is 21.1 Å². The Kier molecular flexibility index (Phi) is 3.07. The predicted molar refractivity (Wildman–Crippen MR) is 64.2 cm³/mol. The van der Waals surface area contributed by atoms with Crippen molar-refractivity contribution in [2.24, 2.45) is 0 Å². The molecule has 2 aromatic heterocycles. The Balaban J connectivity index is 2.56. The van der Waals surface area contributed by atoms with Gasteiger partial charge in [0, 0.05) is 10.7 Å². The molecule has 0 aromatic carbocycles. The van der Waals surface area contributed by atoms with Crippen molar-refractivity contribution < 1.29 is 4.79 Å². The van der Waals surface area contributed by atoms with Crippen LogP contribution in [0.5, 0.6) is 0 Å². The number of rotatable bonds is 2. The molecule has 2 rings (SSSR count). The highest BCUT2D eigenvalue weighted by Crippen LogP contribution is 2.21. The van der Waals surface area contributed by atoms with Crippen LogP contribution >= 0.6 is 27.5 Å². The van der Waals surface area contributed by atoms with Crippen molar-refractivity contribution in [3.63, 3.8) is 0 Å². The molecule has 0 N–H and O–H groups in total. The normalized spacial score (nSPS) is 10.4. The number of aryl methyl sites for hydroxylation is 1. The Morgan fingerprint density at radius 1 is 1.50 bits per heavy atom. The molecule has 82 valence electrons. The standard InChI is InChI=1S/C10H7BrClN3O/c1-6-8(5-16)10(12)15(14-6)9-3-2-7(11)4-13-9/h2-5H,1H3. The number of pyridine rings is 1. The molecule has 0 fully saturated rings. The number of carbonyl (C=O) groups excluding carboxylic acids is 1. The van der Waals surface area contributed by atoms with E-state index in [1.165, 1.54) is 4.68 Å². The zero-order valence-corrected chi connectivity index (χ0v) is 10.7. The number of carbonyl (C=O) groups is 1. The van der Waals surface area contributed by atoms with Crippen LogP contribution in [-0.2, 0) is 0 Å². The summed E-state index contributed by atoms with van der Waals surface area (Å²) >= 11 is 9.31. The van der Waals surface area contributed by atoms with E-state index in [1.54, 1.807) is 19.2 Å². The number of halogens is 2. The highest BCUT2D eigenvalue weighted by molar-refractivity contribution is 9.10. The fourth-order valence-corrected chi connectivity index (χ4v) is 1.83. The van der Waals surface area contributed by atoms with E-state index in [2.05, 4.69) is 26.0 Å². The molecule has 0 aliphatic rings. The van der Waals surface area contributed by atoms with Gasteiger partial charge in [-0.05, 0) is 35.0 Å². The second-order valence-corrected chi connectivity index (χ2v) is 4.43. The number of nitrogens with zero attached hydrogens (tertiary/aromatic N) is 3. The summed E-state index contributed by atoms with van der Waals surface area (Å²) < 4.78 is 2.31. The van der Waals surface area contributed by atoms with Crippen molar-refractivity contribution in [1.82, 2.24) is 14.8 Å². The van der Waals surface area contributed by atoms with E-state index in [4.69, 9.17) is 11.6 Å². The summed E-state index contributed by atoms with van der Waals surface area (Å²) in [4.78, 5) is 14.9. The van der Waals surface area contributed by atoms with Crippen LogP contribution in [0.2, 0.25) is 5.15 Å². The van der Waals surface area contributed by atoms with Crippen molar-refractivity contribution in [2.75, 3.05) is 0 Å².